The third-order valence-corrected chi connectivity index (χ3v) is 3.54. The van der Waals surface area contributed by atoms with Crippen LogP contribution in [0.2, 0.25) is 0 Å². The van der Waals surface area contributed by atoms with Gasteiger partial charge >= 0.3 is 0 Å². The maximum absolute atomic E-state index is 9.03. The Morgan fingerprint density at radius 1 is 1.10 bits per heavy atom. The van der Waals surface area contributed by atoms with Gasteiger partial charge in [-0.25, -0.2) is 0 Å². The Morgan fingerprint density at radius 3 is 2.43 bits per heavy atom. The highest BCUT2D eigenvalue weighted by Gasteiger charge is 2.20. The summed E-state index contributed by atoms with van der Waals surface area (Å²) in [6.07, 6.45) is -0.237. The van der Waals surface area contributed by atoms with Crippen LogP contribution in [0.4, 0.5) is 0 Å². The lowest BCUT2D eigenvalue weighted by atomic mass is 9.99. The highest BCUT2D eigenvalue weighted by atomic mass is 16.5. The van der Waals surface area contributed by atoms with E-state index in [2.05, 4.69) is 6.07 Å². The first-order valence-corrected chi connectivity index (χ1v) is 7.01. The van der Waals surface area contributed by atoms with Crippen LogP contribution < -0.4 is 10.5 Å². The lowest BCUT2D eigenvalue weighted by Crippen LogP contribution is -2.29. The Hall–Kier alpha value is -2.31. The lowest BCUT2D eigenvalue weighted by molar-refractivity contribution is 0.178. The summed E-state index contributed by atoms with van der Waals surface area (Å²) in [5.41, 5.74) is 9.92. The molecule has 0 aliphatic carbocycles. The molecule has 0 heterocycles. The summed E-state index contributed by atoms with van der Waals surface area (Å²) in [7, 11) is 0. The van der Waals surface area contributed by atoms with Crippen LogP contribution in [0.3, 0.4) is 0 Å². The van der Waals surface area contributed by atoms with Gasteiger partial charge in [-0.2, -0.15) is 5.26 Å². The fourth-order valence-electron chi connectivity index (χ4n) is 2.29. The van der Waals surface area contributed by atoms with Gasteiger partial charge in [0.1, 0.15) is 11.9 Å². The highest BCUT2D eigenvalue weighted by Crippen LogP contribution is 2.29. The largest absolute Gasteiger partial charge is 0.484 e. The molecule has 0 aliphatic rings. The second-order valence-electron chi connectivity index (χ2n) is 5.35. The molecule has 21 heavy (non-hydrogen) atoms. The van der Waals surface area contributed by atoms with Crippen molar-refractivity contribution >= 4 is 0 Å². The van der Waals surface area contributed by atoms with Crippen molar-refractivity contribution in [3.8, 4) is 11.8 Å². The molecule has 3 heteroatoms. The molecule has 0 amide bonds. The number of nitrogens with zero attached hydrogens (tertiary/aromatic N) is 1. The molecule has 108 valence electrons. The fourth-order valence-corrected chi connectivity index (χ4v) is 2.29. The first-order chi connectivity index (χ1) is 10.0. The standard InChI is InChI=1S/C18H20N2O/c1-12-6-4-5-7-16(12)18(14(3)20)21-17-10-15(11-19)9-8-13(17)2/h4-10,14,18H,20H2,1-3H3. The van der Waals surface area contributed by atoms with Crippen LogP contribution in [0, 0.1) is 25.2 Å². The maximum Gasteiger partial charge on any atom is 0.139 e. The van der Waals surface area contributed by atoms with Crippen LogP contribution in [0.5, 0.6) is 5.75 Å². The van der Waals surface area contributed by atoms with Crippen molar-refractivity contribution in [2.45, 2.75) is 32.9 Å². The molecule has 0 spiro atoms. The molecule has 3 nitrogen and oxygen atoms in total. The number of hydrogen-bond acceptors (Lipinski definition) is 3. The second-order valence-corrected chi connectivity index (χ2v) is 5.35. The zero-order valence-electron chi connectivity index (χ0n) is 12.6. The van der Waals surface area contributed by atoms with E-state index in [1.54, 1.807) is 12.1 Å². The Bertz CT molecular complexity index is 671. The van der Waals surface area contributed by atoms with Gasteiger partial charge in [-0.15, -0.1) is 0 Å². The molecule has 2 N–H and O–H groups in total. The van der Waals surface area contributed by atoms with Crippen LogP contribution in [0.1, 0.15) is 35.3 Å². The number of benzene rings is 2. The molecular weight excluding hydrogens is 260 g/mol. The Kier molecular flexibility index (Phi) is 4.62. The first-order valence-electron chi connectivity index (χ1n) is 7.01. The van der Waals surface area contributed by atoms with Gasteiger partial charge in [-0.05, 0) is 49.6 Å². The minimum Gasteiger partial charge on any atom is -0.484 e. The Balaban J connectivity index is 2.38. The van der Waals surface area contributed by atoms with Gasteiger partial charge in [0.25, 0.3) is 0 Å². The average Bonchev–Trinajstić information content (AvgIpc) is 2.47. The van der Waals surface area contributed by atoms with Gasteiger partial charge in [0, 0.05) is 6.04 Å². The summed E-state index contributed by atoms with van der Waals surface area (Å²) in [5, 5.41) is 9.03. The van der Waals surface area contributed by atoms with Crippen molar-refractivity contribution in [1.29, 1.82) is 5.26 Å². The number of ether oxygens (including phenoxy) is 1. The molecule has 0 saturated heterocycles. The van der Waals surface area contributed by atoms with Crippen molar-refractivity contribution in [2.75, 3.05) is 0 Å². The quantitative estimate of drug-likeness (QED) is 0.930. The van der Waals surface area contributed by atoms with Crippen molar-refractivity contribution < 1.29 is 4.74 Å². The smallest absolute Gasteiger partial charge is 0.139 e. The predicted molar refractivity (Wildman–Crippen MR) is 84.1 cm³/mol. The molecule has 0 fully saturated rings. The van der Waals surface area contributed by atoms with Gasteiger partial charge in [-0.3, -0.25) is 0 Å². The topological polar surface area (TPSA) is 59.0 Å². The van der Waals surface area contributed by atoms with Crippen molar-refractivity contribution in [3.05, 3.63) is 64.7 Å². The number of rotatable bonds is 4. The van der Waals surface area contributed by atoms with Gasteiger partial charge in [-0.1, -0.05) is 30.3 Å². The maximum atomic E-state index is 9.03. The summed E-state index contributed by atoms with van der Waals surface area (Å²) in [6.45, 7) is 5.94. The highest BCUT2D eigenvalue weighted by molar-refractivity contribution is 5.42. The van der Waals surface area contributed by atoms with Crippen molar-refractivity contribution in [2.24, 2.45) is 5.73 Å². The Labute approximate surface area is 126 Å². The normalized spacial score (nSPS) is 13.3. The molecule has 0 radical (unpaired) electrons. The fraction of sp³-hybridized carbons (Fsp3) is 0.278. The van der Waals surface area contributed by atoms with Crippen LogP contribution in [-0.4, -0.2) is 6.04 Å². The number of aryl methyl sites for hydroxylation is 2. The molecular formula is C18H20N2O. The van der Waals surface area contributed by atoms with E-state index in [4.69, 9.17) is 15.7 Å². The lowest BCUT2D eigenvalue weighted by Gasteiger charge is -2.25. The molecule has 0 saturated carbocycles. The van der Waals surface area contributed by atoms with Crippen LogP contribution in [-0.2, 0) is 0 Å². The van der Waals surface area contributed by atoms with E-state index in [-0.39, 0.29) is 12.1 Å². The summed E-state index contributed by atoms with van der Waals surface area (Å²) in [4.78, 5) is 0. The van der Waals surface area contributed by atoms with E-state index in [9.17, 15) is 0 Å². The molecule has 2 unspecified atom stereocenters. The molecule has 2 rings (SSSR count). The molecule has 0 aliphatic heterocycles. The first kappa shape index (κ1) is 15.1. The molecule has 0 bridgehead atoms. The summed E-state index contributed by atoms with van der Waals surface area (Å²) in [6, 6.07) is 15.5. The van der Waals surface area contributed by atoms with E-state index >= 15 is 0 Å². The van der Waals surface area contributed by atoms with Gasteiger partial charge in [0.15, 0.2) is 0 Å². The number of hydrogen-bond donors (Lipinski definition) is 1. The SMILES string of the molecule is Cc1ccc(C#N)cc1OC(c1ccccc1C)C(C)N. The van der Waals surface area contributed by atoms with E-state index < -0.39 is 0 Å². The van der Waals surface area contributed by atoms with E-state index in [0.29, 0.717) is 11.3 Å². The van der Waals surface area contributed by atoms with Crippen LogP contribution in [0.25, 0.3) is 0 Å². The number of nitriles is 1. The molecule has 2 atom stereocenters. The minimum atomic E-state index is -0.237. The van der Waals surface area contributed by atoms with Crippen molar-refractivity contribution in [3.63, 3.8) is 0 Å². The van der Waals surface area contributed by atoms with Gasteiger partial charge < -0.3 is 10.5 Å². The predicted octanol–water partition coefficient (Wildman–Crippen LogP) is 3.64. The molecule has 2 aromatic carbocycles. The van der Waals surface area contributed by atoms with Crippen LogP contribution >= 0.6 is 0 Å². The van der Waals surface area contributed by atoms with E-state index in [1.807, 2.05) is 51.1 Å². The summed E-state index contributed by atoms with van der Waals surface area (Å²) < 4.78 is 6.14. The summed E-state index contributed by atoms with van der Waals surface area (Å²) >= 11 is 0. The minimum absolute atomic E-state index is 0.156. The zero-order chi connectivity index (χ0) is 15.4. The average molecular weight is 280 g/mol. The molecule has 2 aromatic rings. The van der Waals surface area contributed by atoms with E-state index in [0.717, 1.165) is 16.7 Å². The molecule has 0 aromatic heterocycles. The summed E-state index contributed by atoms with van der Waals surface area (Å²) in [5.74, 6) is 0.708. The Morgan fingerprint density at radius 2 is 1.81 bits per heavy atom. The second kappa shape index (κ2) is 6.43. The van der Waals surface area contributed by atoms with Crippen LogP contribution in [0.15, 0.2) is 42.5 Å². The zero-order valence-corrected chi connectivity index (χ0v) is 12.6. The third kappa shape index (κ3) is 3.42. The van der Waals surface area contributed by atoms with Crippen molar-refractivity contribution in [1.82, 2.24) is 0 Å². The number of nitrogens with two attached hydrogens (primary N) is 1. The van der Waals surface area contributed by atoms with E-state index in [1.165, 1.54) is 0 Å². The van der Waals surface area contributed by atoms with Gasteiger partial charge in [0.05, 0.1) is 11.6 Å². The van der Waals surface area contributed by atoms with Gasteiger partial charge in [0.2, 0.25) is 0 Å². The third-order valence-electron chi connectivity index (χ3n) is 3.54. The monoisotopic (exact) mass is 280 g/mol.